The lowest BCUT2D eigenvalue weighted by Gasteiger charge is -2.19. The Bertz CT molecular complexity index is 1080. The third kappa shape index (κ3) is 4.49. The van der Waals surface area contributed by atoms with Gasteiger partial charge in [-0.05, 0) is 52.0 Å². The third-order valence-corrected chi connectivity index (χ3v) is 6.09. The van der Waals surface area contributed by atoms with Gasteiger partial charge in [0, 0.05) is 10.9 Å². The first kappa shape index (κ1) is 20.2. The van der Waals surface area contributed by atoms with Crippen LogP contribution in [0.2, 0.25) is 0 Å². The number of carbonyl (C=O) groups is 1. The van der Waals surface area contributed by atoms with Gasteiger partial charge in [-0.25, -0.2) is 23.0 Å². The number of anilines is 2. The van der Waals surface area contributed by atoms with Gasteiger partial charge in [-0.2, -0.15) is 0 Å². The van der Waals surface area contributed by atoms with Gasteiger partial charge in [-0.15, -0.1) is 11.3 Å². The summed E-state index contributed by atoms with van der Waals surface area (Å²) in [4.78, 5) is 19.0. The Labute approximate surface area is 168 Å². The second kappa shape index (κ2) is 7.50. The normalized spacial score (nSPS) is 12.1. The summed E-state index contributed by atoms with van der Waals surface area (Å²) in [6.07, 6.45) is 0. The van der Waals surface area contributed by atoms with Crippen molar-refractivity contribution in [3.8, 4) is 0 Å². The molecule has 28 heavy (non-hydrogen) atoms. The molecule has 0 spiro atoms. The fourth-order valence-electron chi connectivity index (χ4n) is 2.48. The van der Waals surface area contributed by atoms with Crippen LogP contribution in [0.15, 0.2) is 57.4 Å². The second-order valence-electron chi connectivity index (χ2n) is 7.22. The van der Waals surface area contributed by atoms with E-state index in [4.69, 9.17) is 4.42 Å². The standard InChI is InChI=1S/C19H21N3O4S2/c1-13-12-27-18(20-13)22(14-8-6-5-7-9-14)17(23)15-10-11-16(26-15)28(24,25)21-19(2,3)4/h5-12,21H,1-4H3. The van der Waals surface area contributed by atoms with Crippen molar-refractivity contribution < 1.29 is 17.6 Å². The van der Waals surface area contributed by atoms with Crippen LogP contribution in [0.25, 0.3) is 0 Å². The van der Waals surface area contributed by atoms with Crippen LogP contribution in [0.3, 0.4) is 0 Å². The zero-order valence-electron chi connectivity index (χ0n) is 16.0. The Morgan fingerprint density at radius 3 is 2.39 bits per heavy atom. The number of sulfonamides is 1. The summed E-state index contributed by atoms with van der Waals surface area (Å²) < 4.78 is 32.8. The van der Waals surface area contributed by atoms with Crippen LogP contribution < -0.4 is 9.62 Å². The van der Waals surface area contributed by atoms with Gasteiger partial charge in [0.2, 0.25) is 5.09 Å². The molecule has 3 rings (SSSR count). The van der Waals surface area contributed by atoms with Gasteiger partial charge in [0.25, 0.3) is 15.9 Å². The van der Waals surface area contributed by atoms with Crippen LogP contribution in [0.5, 0.6) is 0 Å². The molecule has 0 aliphatic carbocycles. The SMILES string of the molecule is Cc1csc(N(C(=O)c2ccc(S(=O)(=O)NC(C)(C)C)o2)c2ccccc2)n1. The molecule has 0 aliphatic heterocycles. The number of aromatic nitrogens is 1. The van der Waals surface area contributed by atoms with Crippen LogP contribution >= 0.6 is 11.3 Å². The second-order valence-corrected chi connectivity index (χ2v) is 9.67. The van der Waals surface area contributed by atoms with Gasteiger partial charge in [0.1, 0.15) is 0 Å². The highest BCUT2D eigenvalue weighted by Gasteiger charge is 2.29. The van der Waals surface area contributed by atoms with Crippen molar-refractivity contribution in [1.82, 2.24) is 9.71 Å². The number of aryl methyl sites for hydroxylation is 1. The summed E-state index contributed by atoms with van der Waals surface area (Å²) in [6, 6.07) is 11.6. The van der Waals surface area contributed by atoms with Crippen molar-refractivity contribution in [2.24, 2.45) is 0 Å². The number of nitrogens with zero attached hydrogens (tertiary/aromatic N) is 2. The molecule has 7 nitrogen and oxygen atoms in total. The average Bonchev–Trinajstić information content (AvgIpc) is 3.24. The number of para-hydroxylation sites is 1. The summed E-state index contributed by atoms with van der Waals surface area (Å²) in [5.74, 6) is -0.594. The lowest BCUT2D eigenvalue weighted by Crippen LogP contribution is -2.40. The van der Waals surface area contributed by atoms with E-state index < -0.39 is 21.5 Å². The lowest BCUT2D eigenvalue weighted by molar-refractivity contribution is 0.0967. The highest BCUT2D eigenvalue weighted by molar-refractivity contribution is 7.89. The van der Waals surface area contributed by atoms with Crippen molar-refractivity contribution in [2.75, 3.05) is 4.90 Å². The zero-order valence-corrected chi connectivity index (χ0v) is 17.6. The molecule has 0 unspecified atom stereocenters. The van der Waals surface area contributed by atoms with Crippen LogP contribution in [0.4, 0.5) is 10.8 Å². The summed E-state index contributed by atoms with van der Waals surface area (Å²) in [6.45, 7) is 7.01. The number of furan rings is 1. The van der Waals surface area contributed by atoms with Gasteiger partial charge in [-0.1, -0.05) is 18.2 Å². The Hall–Kier alpha value is -2.49. The third-order valence-electron chi connectivity index (χ3n) is 3.51. The lowest BCUT2D eigenvalue weighted by atomic mass is 10.1. The fourth-order valence-corrected chi connectivity index (χ4v) is 4.65. The van der Waals surface area contributed by atoms with Crippen molar-refractivity contribution in [3.63, 3.8) is 0 Å². The summed E-state index contributed by atoms with van der Waals surface area (Å²) in [5.41, 5.74) is 0.714. The highest BCUT2D eigenvalue weighted by Crippen LogP contribution is 2.31. The number of thiazole rings is 1. The quantitative estimate of drug-likeness (QED) is 0.672. The van der Waals surface area contributed by atoms with Crippen molar-refractivity contribution in [3.05, 3.63) is 59.3 Å². The zero-order chi connectivity index (χ0) is 20.5. The van der Waals surface area contributed by atoms with Crippen LogP contribution in [-0.4, -0.2) is 24.8 Å². The van der Waals surface area contributed by atoms with Crippen molar-refractivity contribution >= 4 is 38.1 Å². The van der Waals surface area contributed by atoms with Gasteiger partial charge in [-0.3, -0.25) is 4.79 Å². The number of benzene rings is 1. The van der Waals surface area contributed by atoms with Crippen LogP contribution in [0, 0.1) is 6.92 Å². The monoisotopic (exact) mass is 419 g/mol. The number of nitrogens with one attached hydrogen (secondary N) is 1. The van der Waals surface area contributed by atoms with E-state index in [1.165, 1.54) is 28.4 Å². The predicted molar refractivity (Wildman–Crippen MR) is 109 cm³/mol. The Kier molecular flexibility index (Phi) is 5.42. The summed E-state index contributed by atoms with van der Waals surface area (Å²) in [7, 11) is -3.88. The molecule has 148 valence electrons. The van der Waals surface area contributed by atoms with Gasteiger partial charge in [0.15, 0.2) is 10.9 Å². The Morgan fingerprint density at radius 2 is 1.82 bits per heavy atom. The molecule has 0 radical (unpaired) electrons. The molecule has 0 aliphatic rings. The summed E-state index contributed by atoms with van der Waals surface area (Å²) in [5, 5.41) is 2.00. The van der Waals surface area contributed by atoms with Crippen LogP contribution in [0.1, 0.15) is 37.0 Å². The van der Waals surface area contributed by atoms with Gasteiger partial charge in [0.05, 0.1) is 11.4 Å². The molecule has 2 heterocycles. The first-order chi connectivity index (χ1) is 13.1. The Morgan fingerprint density at radius 1 is 1.14 bits per heavy atom. The topological polar surface area (TPSA) is 92.5 Å². The highest BCUT2D eigenvalue weighted by atomic mass is 32.2. The number of carbonyl (C=O) groups excluding carboxylic acids is 1. The molecule has 0 atom stereocenters. The van der Waals surface area contributed by atoms with E-state index in [9.17, 15) is 13.2 Å². The van der Waals surface area contributed by atoms with E-state index in [2.05, 4.69) is 9.71 Å². The van der Waals surface area contributed by atoms with Crippen molar-refractivity contribution in [2.45, 2.75) is 38.3 Å². The first-order valence-corrected chi connectivity index (χ1v) is 10.9. The molecule has 1 N–H and O–H groups in total. The average molecular weight is 420 g/mol. The molecule has 9 heteroatoms. The first-order valence-electron chi connectivity index (χ1n) is 8.52. The van der Waals surface area contributed by atoms with E-state index >= 15 is 0 Å². The van der Waals surface area contributed by atoms with Gasteiger partial charge >= 0.3 is 0 Å². The van der Waals surface area contributed by atoms with E-state index in [1.54, 1.807) is 45.0 Å². The molecule has 0 saturated carbocycles. The molecule has 0 bridgehead atoms. The smallest absolute Gasteiger partial charge is 0.300 e. The van der Waals surface area contributed by atoms with E-state index in [0.29, 0.717) is 10.8 Å². The number of amides is 1. The largest absolute Gasteiger partial charge is 0.438 e. The molecule has 1 amide bonds. The minimum atomic E-state index is -3.88. The fraction of sp³-hybridized carbons (Fsp3) is 0.263. The summed E-state index contributed by atoms with van der Waals surface area (Å²) >= 11 is 1.32. The van der Waals surface area contributed by atoms with E-state index in [1.807, 2.05) is 18.4 Å². The molecule has 3 aromatic rings. The maximum atomic E-state index is 13.2. The molecule has 1 aromatic carbocycles. The van der Waals surface area contributed by atoms with E-state index in [-0.39, 0.29) is 10.9 Å². The molecule has 0 fully saturated rings. The molecular weight excluding hydrogens is 398 g/mol. The maximum absolute atomic E-state index is 13.2. The number of hydrogen-bond donors (Lipinski definition) is 1. The van der Waals surface area contributed by atoms with E-state index in [0.717, 1.165) is 5.69 Å². The predicted octanol–water partition coefficient (Wildman–Crippen LogP) is 4.10. The number of hydrogen-bond acceptors (Lipinski definition) is 6. The van der Waals surface area contributed by atoms with Crippen LogP contribution in [-0.2, 0) is 10.0 Å². The van der Waals surface area contributed by atoms with Gasteiger partial charge < -0.3 is 4.42 Å². The minimum absolute atomic E-state index is 0.0917. The maximum Gasteiger partial charge on any atom is 0.300 e. The minimum Gasteiger partial charge on any atom is -0.438 e. The molecule has 0 saturated heterocycles. The molecule has 2 aromatic heterocycles. The Balaban J connectivity index is 1.98. The molecular formula is C19H21N3O4S2. The van der Waals surface area contributed by atoms with Crippen molar-refractivity contribution in [1.29, 1.82) is 0 Å². The number of rotatable bonds is 5.